The molecule has 3 rings (SSSR count). The molecular formula is C20H22ClN3S. The highest BCUT2D eigenvalue weighted by atomic mass is 35.5. The third kappa shape index (κ3) is 5.72. The Morgan fingerprint density at radius 1 is 1.12 bits per heavy atom. The summed E-state index contributed by atoms with van der Waals surface area (Å²) >= 11 is 7.68. The van der Waals surface area contributed by atoms with Gasteiger partial charge in [-0.1, -0.05) is 29.8 Å². The van der Waals surface area contributed by atoms with E-state index in [1.54, 1.807) is 11.9 Å². The zero-order chi connectivity index (χ0) is 17.5. The highest BCUT2D eigenvalue weighted by Gasteiger charge is 2.03. The summed E-state index contributed by atoms with van der Waals surface area (Å²) in [6.45, 7) is 4.05. The van der Waals surface area contributed by atoms with Gasteiger partial charge < -0.3 is 5.32 Å². The Morgan fingerprint density at radius 3 is 2.92 bits per heavy atom. The van der Waals surface area contributed by atoms with Crippen LogP contribution in [0, 0.1) is 0 Å². The monoisotopic (exact) mass is 371 g/mol. The number of hydrogen-bond donors (Lipinski definition) is 2. The molecule has 130 valence electrons. The van der Waals surface area contributed by atoms with Gasteiger partial charge in [-0.2, -0.15) is 0 Å². The second-order valence-electron chi connectivity index (χ2n) is 6.09. The Balaban J connectivity index is 1.39. The summed E-state index contributed by atoms with van der Waals surface area (Å²) in [5.41, 5.74) is 1.26. The smallest absolute Gasteiger partial charge is 0.0408 e. The van der Waals surface area contributed by atoms with Crippen molar-refractivity contribution in [1.82, 2.24) is 15.0 Å². The maximum atomic E-state index is 6.01. The Morgan fingerprint density at radius 2 is 2.04 bits per heavy atom. The summed E-state index contributed by atoms with van der Waals surface area (Å²) in [5.74, 6) is 0. The molecule has 0 amide bonds. The quantitative estimate of drug-likeness (QED) is 0.444. The summed E-state index contributed by atoms with van der Waals surface area (Å²) in [4.78, 5) is 5.36. The van der Waals surface area contributed by atoms with E-state index in [0.29, 0.717) is 6.04 Å². The van der Waals surface area contributed by atoms with Crippen LogP contribution < -0.4 is 10.0 Å². The average molecular weight is 372 g/mol. The van der Waals surface area contributed by atoms with Crippen molar-refractivity contribution in [2.24, 2.45) is 0 Å². The molecule has 1 aromatic heterocycles. The van der Waals surface area contributed by atoms with Gasteiger partial charge in [-0.3, -0.25) is 9.71 Å². The van der Waals surface area contributed by atoms with Crippen molar-refractivity contribution in [3.63, 3.8) is 0 Å². The predicted octanol–water partition coefficient (Wildman–Crippen LogP) is 4.71. The molecule has 25 heavy (non-hydrogen) atoms. The van der Waals surface area contributed by atoms with Gasteiger partial charge in [0, 0.05) is 40.3 Å². The van der Waals surface area contributed by atoms with Crippen LogP contribution in [0.5, 0.6) is 0 Å². The fourth-order valence-electron chi connectivity index (χ4n) is 2.58. The molecule has 3 aromatic rings. The Bertz CT molecular complexity index is 825. The normalized spacial score (nSPS) is 12.4. The van der Waals surface area contributed by atoms with E-state index in [4.69, 9.17) is 11.6 Å². The van der Waals surface area contributed by atoms with Crippen LogP contribution in [-0.2, 0) is 6.42 Å². The summed E-state index contributed by atoms with van der Waals surface area (Å²) in [6.07, 6.45) is 4.71. The Hall–Kier alpha value is -1.59. The second-order valence-corrected chi connectivity index (χ2v) is 7.44. The van der Waals surface area contributed by atoms with Crippen molar-refractivity contribution >= 4 is 34.3 Å². The number of fused-ring (bicyclic) bond motifs is 1. The van der Waals surface area contributed by atoms with Crippen LogP contribution >= 0.6 is 23.5 Å². The van der Waals surface area contributed by atoms with Crippen molar-refractivity contribution < 1.29 is 0 Å². The molecule has 0 spiro atoms. The fraction of sp³-hybridized carbons (Fsp3) is 0.250. The van der Waals surface area contributed by atoms with Gasteiger partial charge >= 0.3 is 0 Å². The molecule has 1 heterocycles. The lowest BCUT2D eigenvalue weighted by Gasteiger charge is -2.14. The van der Waals surface area contributed by atoms with Crippen LogP contribution in [-0.4, -0.2) is 24.1 Å². The van der Waals surface area contributed by atoms with Crippen LogP contribution in [0.1, 0.15) is 12.5 Å². The van der Waals surface area contributed by atoms with E-state index in [1.165, 1.54) is 21.2 Å². The lowest BCUT2D eigenvalue weighted by molar-refractivity contribution is 0.586. The van der Waals surface area contributed by atoms with Gasteiger partial charge in [0.25, 0.3) is 0 Å². The van der Waals surface area contributed by atoms with E-state index in [0.717, 1.165) is 24.5 Å². The van der Waals surface area contributed by atoms with Crippen molar-refractivity contribution in [1.29, 1.82) is 0 Å². The molecule has 0 aliphatic rings. The summed E-state index contributed by atoms with van der Waals surface area (Å²) in [7, 11) is 0. The SMILES string of the molecule is C[C@H](CNCCc1cccc(Cl)c1)NSc1ccc2cnccc2c1. The highest BCUT2D eigenvalue weighted by molar-refractivity contribution is 7.97. The number of benzene rings is 2. The maximum absolute atomic E-state index is 6.01. The molecule has 2 aromatic carbocycles. The Labute approximate surface area is 158 Å². The predicted molar refractivity (Wildman–Crippen MR) is 108 cm³/mol. The lowest BCUT2D eigenvalue weighted by atomic mass is 10.1. The average Bonchev–Trinajstić information content (AvgIpc) is 2.63. The minimum Gasteiger partial charge on any atom is -0.315 e. The largest absolute Gasteiger partial charge is 0.315 e. The molecule has 3 nitrogen and oxygen atoms in total. The van der Waals surface area contributed by atoms with Crippen LogP contribution in [0.4, 0.5) is 0 Å². The lowest BCUT2D eigenvalue weighted by Crippen LogP contribution is -2.33. The van der Waals surface area contributed by atoms with Crippen molar-refractivity contribution in [2.75, 3.05) is 13.1 Å². The molecule has 0 aliphatic carbocycles. The van der Waals surface area contributed by atoms with Gasteiger partial charge in [-0.05, 0) is 73.1 Å². The van der Waals surface area contributed by atoms with E-state index < -0.39 is 0 Å². The van der Waals surface area contributed by atoms with Gasteiger partial charge in [0.05, 0.1) is 0 Å². The summed E-state index contributed by atoms with van der Waals surface area (Å²) in [6, 6.07) is 16.9. The van der Waals surface area contributed by atoms with E-state index in [9.17, 15) is 0 Å². The third-order valence-electron chi connectivity index (χ3n) is 3.92. The number of rotatable bonds is 8. The van der Waals surface area contributed by atoms with Crippen LogP contribution in [0.3, 0.4) is 0 Å². The minimum atomic E-state index is 0.373. The van der Waals surface area contributed by atoms with E-state index in [1.807, 2.05) is 36.7 Å². The molecule has 0 saturated carbocycles. The molecular weight excluding hydrogens is 350 g/mol. The first-order valence-corrected chi connectivity index (χ1v) is 9.61. The number of nitrogens with one attached hydrogen (secondary N) is 2. The maximum Gasteiger partial charge on any atom is 0.0408 e. The zero-order valence-corrected chi connectivity index (χ0v) is 15.8. The molecule has 5 heteroatoms. The summed E-state index contributed by atoms with van der Waals surface area (Å²) in [5, 5.41) is 6.68. The molecule has 0 unspecified atom stereocenters. The summed E-state index contributed by atoms with van der Waals surface area (Å²) < 4.78 is 3.49. The van der Waals surface area contributed by atoms with Gasteiger partial charge in [-0.25, -0.2) is 0 Å². The van der Waals surface area contributed by atoms with E-state index in [-0.39, 0.29) is 0 Å². The molecule has 0 fully saturated rings. The molecule has 2 N–H and O–H groups in total. The third-order valence-corrected chi connectivity index (χ3v) is 5.16. The van der Waals surface area contributed by atoms with Gasteiger partial charge in [0.1, 0.15) is 0 Å². The number of hydrogen-bond acceptors (Lipinski definition) is 4. The van der Waals surface area contributed by atoms with Gasteiger partial charge in [0.2, 0.25) is 0 Å². The van der Waals surface area contributed by atoms with E-state index in [2.05, 4.69) is 46.2 Å². The first-order valence-electron chi connectivity index (χ1n) is 8.42. The standard InChI is InChI=1S/C20H22ClN3S/c1-15(13-22-9-7-16-3-2-4-19(21)11-16)24-25-20-6-5-18-14-23-10-8-17(18)12-20/h2-6,8,10-12,14-15,22,24H,7,9,13H2,1H3/t15-/m1/s1. The molecule has 0 saturated heterocycles. The molecule has 0 bridgehead atoms. The second kappa shape index (κ2) is 9.20. The number of aromatic nitrogens is 1. The molecule has 0 radical (unpaired) electrons. The van der Waals surface area contributed by atoms with Crippen LogP contribution in [0.15, 0.2) is 65.8 Å². The number of pyridine rings is 1. The van der Waals surface area contributed by atoms with Crippen LogP contribution in [0.25, 0.3) is 10.8 Å². The van der Waals surface area contributed by atoms with Gasteiger partial charge in [-0.15, -0.1) is 0 Å². The first-order chi connectivity index (χ1) is 12.2. The van der Waals surface area contributed by atoms with Crippen molar-refractivity contribution in [3.05, 3.63) is 71.5 Å². The zero-order valence-electron chi connectivity index (χ0n) is 14.2. The fourth-order valence-corrected chi connectivity index (χ4v) is 3.53. The van der Waals surface area contributed by atoms with Crippen LogP contribution in [0.2, 0.25) is 5.02 Å². The molecule has 1 atom stereocenters. The molecule has 0 aliphatic heterocycles. The number of halogens is 1. The van der Waals surface area contributed by atoms with E-state index >= 15 is 0 Å². The number of nitrogens with zero attached hydrogens (tertiary/aromatic N) is 1. The van der Waals surface area contributed by atoms with Gasteiger partial charge in [0.15, 0.2) is 0 Å². The van der Waals surface area contributed by atoms with Crippen molar-refractivity contribution in [2.45, 2.75) is 24.3 Å². The highest BCUT2D eigenvalue weighted by Crippen LogP contribution is 2.21. The first kappa shape index (κ1) is 18.2. The Kier molecular flexibility index (Phi) is 6.70. The van der Waals surface area contributed by atoms with Crippen molar-refractivity contribution in [3.8, 4) is 0 Å². The minimum absolute atomic E-state index is 0.373. The topological polar surface area (TPSA) is 37.0 Å².